The molecule has 0 fully saturated rings. The molecule has 1 amide bonds. The minimum atomic E-state index is -3.73. The van der Waals surface area contributed by atoms with Crippen molar-refractivity contribution in [2.45, 2.75) is 24.5 Å². The van der Waals surface area contributed by atoms with Crippen LogP contribution in [0.4, 0.5) is 0 Å². The maximum Gasteiger partial charge on any atom is 0.270 e. The van der Waals surface area contributed by atoms with Crippen LogP contribution < -0.4 is 0 Å². The lowest BCUT2D eigenvalue weighted by Crippen LogP contribution is -2.37. The normalized spacial score (nSPS) is 11.9. The molecule has 1 rings (SSSR count). The average molecular weight is 354 g/mol. The van der Waals surface area contributed by atoms with Crippen LogP contribution in [0.15, 0.2) is 16.3 Å². The number of nitrogens with zero attached hydrogens (tertiary/aromatic N) is 1. The first kappa shape index (κ1) is 18.4. The van der Waals surface area contributed by atoms with Crippen molar-refractivity contribution in [1.29, 1.82) is 0 Å². The minimum Gasteiger partial charge on any atom is -0.383 e. The highest BCUT2D eigenvalue weighted by Crippen LogP contribution is 2.25. The Morgan fingerprint density at radius 2 is 2.10 bits per heavy atom. The summed E-state index contributed by atoms with van der Waals surface area (Å²) in [6.45, 7) is 5.73. The van der Waals surface area contributed by atoms with E-state index in [1.54, 1.807) is 18.1 Å². The van der Waals surface area contributed by atoms with Gasteiger partial charge in [0.2, 0.25) is 5.91 Å². The van der Waals surface area contributed by atoms with Gasteiger partial charge in [-0.1, -0.05) is 13.8 Å². The van der Waals surface area contributed by atoms with Crippen LogP contribution >= 0.6 is 22.0 Å². The second kappa shape index (κ2) is 8.12. The fourth-order valence-electron chi connectivity index (χ4n) is 1.81. The van der Waals surface area contributed by atoms with Gasteiger partial charge in [-0.25, -0.2) is 8.42 Å². The zero-order valence-electron chi connectivity index (χ0n) is 12.3. The summed E-state index contributed by atoms with van der Waals surface area (Å²) in [5.74, 6) is 0.314. The Morgan fingerprint density at radius 3 is 2.57 bits per heavy atom. The topological polar surface area (TPSA) is 63.7 Å². The number of amides is 1. The third-order valence-electron chi connectivity index (χ3n) is 2.71. The van der Waals surface area contributed by atoms with Crippen molar-refractivity contribution >= 4 is 37.0 Å². The molecule has 5 nitrogen and oxygen atoms in total. The number of halogens is 1. The van der Waals surface area contributed by atoms with Crippen molar-refractivity contribution < 1.29 is 17.9 Å². The molecule has 1 heterocycles. The van der Waals surface area contributed by atoms with Crippen molar-refractivity contribution in [1.82, 2.24) is 4.90 Å². The molecule has 0 aromatic carbocycles. The molecule has 0 aliphatic carbocycles. The number of carbonyl (C=O) groups excluding carboxylic acids is 1. The maximum absolute atomic E-state index is 12.3. The zero-order chi connectivity index (χ0) is 16.0. The van der Waals surface area contributed by atoms with Crippen LogP contribution in [0.2, 0.25) is 0 Å². The molecule has 0 aliphatic heterocycles. The van der Waals surface area contributed by atoms with Crippen molar-refractivity contribution in [3.8, 4) is 0 Å². The Balaban J connectivity index is 2.74. The van der Waals surface area contributed by atoms with Gasteiger partial charge in [-0.15, -0.1) is 11.3 Å². The Labute approximate surface area is 134 Å². The summed E-state index contributed by atoms with van der Waals surface area (Å²) in [5, 5.41) is 0. The highest BCUT2D eigenvalue weighted by molar-refractivity contribution is 8.15. The van der Waals surface area contributed by atoms with E-state index in [1.165, 1.54) is 6.07 Å². The van der Waals surface area contributed by atoms with Crippen molar-refractivity contribution in [3.63, 3.8) is 0 Å². The van der Waals surface area contributed by atoms with Crippen molar-refractivity contribution in [2.75, 3.05) is 26.8 Å². The zero-order valence-corrected chi connectivity index (χ0v) is 14.7. The number of thiophene rings is 1. The molecule has 0 radical (unpaired) electrons. The molecular formula is C13H20ClNO4S2. The minimum absolute atomic E-state index is 0.0406. The van der Waals surface area contributed by atoms with Crippen LogP contribution in [0.1, 0.15) is 18.7 Å². The first-order valence-corrected chi connectivity index (χ1v) is 9.66. The number of ether oxygens (including phenoxy) is 1. The van der Waals surface area contributed by atoms with Gasteiger partial charge in [-0.05, 0) is 18.1 Å². The monoisotopic (exact) mass is 353 g/mol. The summed E-state index contributed by atoms with van der Waals surface area (Å²) < 4.78 is 27.5. The van der Waals surface area contributed by atoms with E-state index >= 15 is 0 Å². The molecule has 1 aromatic rings. The van der Waals surface area contributed by atoms with Crippen LogP contribution in [0, 0.1) is 5.92 Å². The van der Waals surface area contributed by atoms with E-state index in [2.05, 4.69) is 0 Å². The molecule has 120 valence electrons. The largest absolute Gasteiger partial charge is 0.383 e. The van der Waals surface area contributed by atoms with Gasteiger partial charge in [0.25, 0.3) is 9.05 Å². The van der Waals surface area contributed by atoms with Crippen molar-refractivity contribution in [2.24, 2.45) is 5.92 Å². The summed E-state index contributed by atoms with van der Waals surface area (Å²) in [7, 11) is 3.15. The molecule has 0 saturated heterocycles. The van der Waals surface area contributed by atoms with Crippen LogP contribution in [0.5, 0.6) is 0 Å². The smallest absolute Gasteiger partial charge is 0.270 e. The van der Waals surface area contributed by atoms with Gasteiger partial charge in [0.05, 0.1) is 13.0 Å². The van der Waals surface area contributed by atoms with Gasteiger partial charge < -0.3 is 9.64 Å². The molecule has 0 spiro atoms. The third-order valence-corrected chi connectivity index (χ3v) is 5.88. The second-order valence-electron chi connectivity index (χ2n) is 5.06. The Bertz CT molecular complexity index is 568. The lowest BCUT2D eigenvalue weighted by Gasteiger charge is -2.24. The van der Waals surface area contributed by atoms with Crippen LogP contribution in [-0.2, 0) is 25.0 Å². The van der Waals surface area contributed by atoms with Gasteiger partial charge in [-0.2, -0.15) is 0 Å². The Morgan fingerprint density at radius 1 is 1.43 bits per heavy atom. The Kier molecular flexibility index (Phi) is 7.12. The number of carbonyl (C=O) groups is 1. The fraction of sp³-hybridized carbons (Fsp3) is 0.615. The van der Waals surface area contributed by atoms with Gasteiger partial charge in [0.1, 0.15) is 4.21 Å². The van der Waals surface area contributed by atoms with E-state index in [1.807, 2.05) is 13.8 Å². The summed E-state index contributed by atoms with van der Waals surface area (Å²) >= 11 is 1.03. The van der Waals surface area contributed by atoms with Crippen LogP contribution in [0.3, 0.4) is 0 Å². The van der Waals surface area contributed by atoms with Crippen LogP contribution in [0.25, 0.3) is 0 Å². The first-order valence-electron chi connectivity index (χ1n) is 6.54. The second-order valence-corrected chi connectivity index (χ2v) is 9.02. The quantitative estimate of drug-likeness (QED) is 0.673. The molecule has 21 heavy (non-hydrogen) atoms. The van der Waals surface area contributed by atoms with E-state index in [9.17, 15) is 13.2 Å². The number of hydrogen-bond donors (Lipinski definition) is 0. The predicted octanol–water partition coefficient (Wildman–Crippen LogP) is 2.35. The molecule has 1 aromatic heterocycles. The molecular weight excluding hydrogens is 334 g/mol. The summed E-state index contributed by atoms with van der Waals surface area (Å²) in [5.41, 5.74) is 0. The fourth-order valence-corrected chi connectivity index (χ4v) is 3.92. The van der Waals surface area contributed by atoms with Crippen molar-refractivity contribution in [3.05, 3.63) is 17.0 Å². The average Bonchev–Trinajstić information content (AvgIpc) is 2.82. The predicted molar refractivity (Wildman–Crippen MR) is 84.4 cm³/mol. The summed E-state index contributed by atoms with van der Waals surface area (Å²) in [6, 6.07) is 3.05. The molecule has 8 heteroatoms. The van der Waals surface area contributed by atoms with Gasteiger partial charge in [-0.3, -0.25) is 4.79 Å². The number of methoxy groups -OCH3 is 1. The van der Waals surface area contributed by atoms with E-state index in [4.69, 9.17) is 15.4 Å². The van der Waals surface area contributed by atoms with Crippen LogP contribution in [-0.4, -0.2) is 46.0 Å². The van der Waals surface area contributed by atoms with Gasteiger partial charge in [0, 0.05) is 35.8 Å². The highest BCUT2D eigenvalue weighted by Gasteiger charge is 2.18. The molecule has 0 bridgehead atoms. The van der Waals surface area contributed by atoms with E-state index < -0.39 is 9.05 Å². The Hall–Kier alpha value is -0.630. The van der Waals surface area contributed by atoms with E-state index in [0.29, 0.717) is 30.5 Å². The first-order chi connectivity index (χ1) is 9.74. The molecule has 0 atom stereocenters. The lowest BCUT2D eigenvalue weighted by molar-refractivity contribution is -0.131. The van der Waals surface area contributed by atoms with Gasteiger partial charge in [0.15, 0.2) is 0 Å². The van der Waals surface area contributed by atoms with E-state index in [0.717, 1.165) is 11.3 Å². The number of hydrogen-bond acceptors (Lipinski definition) is 5. The maximum atomic E-state index is 12.3. The third kappa shape index (κ3) is 6.34. The summed E-state index contributed by atoms with van der Waals surface area (Å²) in [6.07, 6.45) is 0.174. The van der Waals surface area contributed by atoms with Gasteiger partial charge >= 0.3 is 0 Å². The molecule has 0 aliphatic rings. The highest BCUT2D eigenvalue weighted by atomic mass is 35.7. The number of rotatable bonds is 8. The summed E-state index contributed by atoms with van der Waals surface area (Å²) in [4.78, 5) is 14.7. The van der Waals surface area contributed by atoms with E-state index in [-0.39, 0.29) is 16.5 Å². The lowest BCUT2D eigenvalue weighted by atomic mass is 10.2. The SMILES string of the molecule is COCCN(CC(C)C)C(=O)Cc1ccc(S(=O)(=O)Cl)s1. The molecule has 0 N–H and O–H groups in total. The molecule has 0 unspecified atom stereocenters. The molecule has 0 saturated carbocycles. The standard InChI is InChI=1S/C13H20ClNO4S2/c1-10(2)9-15(6-7-19-3)12(16)8-11-4-5-13(20-11)21(14,17)18/h4-5,10H,6-9H2,1-3H3.